The molecule has 0 radical (unpaired) electrons. The number of aromatic hydroxyl groups is 1. The van der Waals surface area contributed by atoms with Crippen molar-refractivity contribution in [3.8, 4) is 11.8 Å². The number of hydrogen-bond acceptors (Lipinski definition) is 4. The van der Waals surface area contributed by atoms with E-state index in [1.165, 1.54) is 6.07 Å². The van der Waals surface area contributed by atoms with Crippen LogP contribution in [0.1, 0.15) is 16.7 Å². The van der Waals surface area contributed by atoms with E-state index < -0.39 is 10.0 Å². The number of phenols is 1. The average Bonchev–Trinajstić information content (AvgIpc) is 2.43. The zero-order chi connectivity index (χ0) is 15.5. The van der Waals surface area contributed by atoms with Crippen LogP contribution in [-0.2, 0) is 15.8 Å². The van der Waals surface area contributed by atoms with Crippen LogP contribution in [0.3, 0.4) is 0 Å². The molecule has 0 heterocycles. The van der Waals surface area contributed by atoms with Crippen molar-refractivity contribution in [1.29, 1.82) is 5.26 Å². The molecule has 2 N–H and O–H groups in total. The van der Waals surface area contributed by atoms with Crippen LogP contribution < -0.4 is 4.72 Å². The molecule has 0 saturated carbocycles. The van der Waals surface area contributed by atoms with Gasteiger partial charge in [-0.05, 0) is 30.2 Å². The third kappa shape index (κ3) is 3.52. The zero-order valence-electron chi connectivity index (χ0n) is 11.4. The number of anilines is 1. The molecule has 0 unspecified atom stereocenters. The van der Waals surface area contributed by atoms with E-state index in [9.17, 15) is 13.5 Å². The van der Waals surface area contributed by atoms with E-state index >= 15 is 0 Å². The molecule has 0 aliphatic carbocycles. The summed E-state index contributed by atoms with van der Waals surface area (Å²) in [4.78, 5) is 0. The predicted molar refractivity (Wildman–Crippen MR) is 80.2 cm³/mol. The number of nitriles is 1. The number of para-hydroxylation sites is 1. The molecule has 6 heteroatoms. The van der Waals surface area contributed by atoms with Gasteiger partial charge in [-0.2, -0.15) is 5.26 Å². The lowest BCUT2D eigenvalue weighted by Gasteiger charge is -2.12. The standard InChI is InChI=1S/C15H14N2O3S/c1-11-5-4-8-14(18)15(11)17-21(19,20)10-13-7-3-2-6-12(13)9-16/h2-8,17-18H,10H2,1H3. The van der Waals surface area contributed by atoms with E-state index in [-0.39, 0.29) is 17.2 Å². The van der Waals surface area contributed by atoms with Gasteiger partial charge in [0.25, 0.3) is 0 Å². The normalized spacial score (nSPS) is 10.9. The fourth-order valence-electron chi connectivity index (χ4n) is 1.94. The molecule has 0 aliphatic heterocycles. The zero-order valence-corrected chi connectivity index (χ0v) is 12.2. The summed E-state index contributed by atoms with van der Waals surface area (Å²) >= 11 is 0. The van der Waals surface area contributed by atoms with Gasteiger partial charge in [-0.1, -0.05) is 30.3 Å². The van der Waals surface area contributed by atoms with Crippen LogP contribution >= 0.6 is 0 Å². The van der Waals surface area contributed by atoms with Gasteiger partial charge in [0.15, 0.2) is 0 Å². The van der Waals surface area contributed by atoms with Crippen molar-refractivity contribution in [2.45, 2.75) is 12.7 Å². The Bertz CT molecular complexity index is 788. The van der Waals surface area contributed by atoms with Crippen molar-refractivity contribution in [1.82, 2.24) is 0 Å². The lowest BCUT2D eigenvalue weighted by Crippen LogP contribution is -2.16. The maximum atomic E-state index is 12.2. The van der Waals surface area contributed by atoms with Gasteiger partial charge >= 0.3 is 0 Å². The number of sulfonamides is 1. The van der Waals surface area contributed by atoms with Gasteiger partial charge in [0.05, 0.1) is 23.1 Å². The van der Waals surface area contributed by atoms with Crippen LogP contribution in [0, 0.1) is 18.3 Å². The van der Waals surface area contributed by atoms with E-state index in [4.69, 9.17) is 5.26 Å². The fourth-order valence-corrected chi connectivity index (χ4v) is 3.25. The molecule has 108 valence electrons. The summed E-state index contributed by atoms with van der Waals surface area (Å²) in [5.41, 5.74) is 1.51. The molecule has 0 amide bonds. The lowest BCUT2D eigenvalue weighted by molar-refractivity contribution is 0.477. The summed E-state index contributed by atoms with van der Waals surface area (Å²) in [5.74, 6) is -0.461. The maximum absolute atomic E-state index is 12.2. The number of phenolic OH excluding ortho intramolecular Hbond substituents is 1. The molecule has 0 saturated heterocycles. The Labute approximate surface area is 123 Å². The second kappa shape index (κ2) is 5.85. The van der Waals surface area contributed by atoms with Crippen molar-refractivity contribution < 1.29 is 13.5 Å². The van der Waals surface area contributed by atoms with Crippen LogP contribution in [0.2, 0.25) is 0 Å². The topological polar surface area (TPSA) is 90.2 Å². The maximum Gasteiger partial charge on any atom is 0.237 e. The first-order valence-corrected chi connectivity index (χ1v) is 7.85. The Hall–Kier alpha value is -2.52. The minimum Gasteiger partial charge on any atom is -0.506 e. The Morgan fingerprint density at radius 3 is 2.57 bits per heavy atom. The highest BCUT2D eigenvalue weighted by Crippen LogP contribution is 2.28. The lowest BCUT2D eigenvalue weighted by atomic mass is 10.1. The van der Waals surface area contributed by atoms with Gasteiger partial charge in [0, 0.05) is 0 Å². The van der Waals surface area contributed by atoms with E-state index in [0.29, 0.717) is 16.7 Å². The summed E-state index contributed by atoms with van der Waals surface area (Å²) < 4.78 is 26.8. The fraction of sp³-hybridized carbons (Fsp3) is 0.133. The third-order valence-electron chi connectivity index (χ3n) is 2.99. The molecule has 2 rings (SSSR count). The number of rotatable bonds is 4. The van der Waals surface area contributed by atoms with Crippen molar-refractivity contribution >= 4 is 15.7 Å². The molecule has 0 aliphatic rings. The number of aryl methyl sites for hydroxylation is 1. The molecule has 0 spiro atoms. The van der Waals surface area contributed by atoms with E-state index in [0.717, 1.165) is 0 Å². The van der Waals surface area contributed by atoms with Crippen molar-refractivity contribution in [3.63, 3.8) is 0 Å². The molecule has 21 heavy (non-hydrogen) atoms. The Balaban J connectivity index is 2.30. The van der Waals surface area contributed by atoms with Crippen LogP contribution in [0.4, 0.5) is 5.69 Å². The highest BCUT2D eigenvalue weighted by molar-refractivity contribution is 7.91. The summed E-state index contributed by atoms with van der Waals surface area (Å²) in [7, 11) is -3.73. The first-order valence-electron chi connectivity index (χ1n) is 6.20. The van der Waals surface area contributed by atoms with Gasteiger partial charge in [-0.25, -0.2) is 8.42 Å². The van der Waals surface area contributed by atoms with Crippen LogP contribution in [0.15, 0.2) is 42.5 Å². The molecule has 0 fully saturated rings. The Morgan fingerprint density at radius 2 is 1.90 bits per heavy atom. The highest BCUT2D eigenvalue weighted by atomic mass is 32.2. The van der Waals surface area contributed by atoms with E-state index in [1.54, 1.807) is 43.3 Å². The minimum atomic E-state index is -3.73. The molecule has 2 aromatic rings. The number of benzene rings is 2. The van der Waals surface area contributed by atoms with Crippen molar-refractivity contribution in [2.24, 2.45) is 0 Å². The molecule has 0 aromatic heterocycles. The Kier molecular flexibility index (Phi) is 4.15. The van der Waals surface area contributed by atoms with Gasteiger partial charge in [0.1, 0.15) is 5.75 Å². The van der Waals surface area contributed by atoms with E-state index in [2.05, 4.69) is 4.72 Å². The van der Waals surface area contributed by atoms with Gasteiger partial charge in [-0.15, -0.1) is 0 Å². The van der Waals surface area contributed by atoms with Gasteiger partial charge < -0.3 is 5.11 Å². The minimum absolute atomic E-state index is 0.132. The van der Waals surface area contributed by atoms with Crippen molar-refractivity contribution in [2.75, 3.05) is 4.72 Å². The van der Waals surface area contributed by atoms with Crippen LogP contribution in [0.25, 0.3) is 0 Å². The average molecular weight is 302 g/mol. The summed E-state index contributed by atoms with van der Waals surface area (Å²) in [5, 5.41) is 18.7. The van der Waals surface area contributed by atoms with Crippen molar-refractivity contribution in [3.05, 3.63) is 59.2 Å². The first kappa shape index (κ1) is 14.9. The summed E-state index contributed by atoms with van der Waals surface area (Å²) in [6.45, 7) is 1.70. The monoisotopic (exact) mass is 302 g/mol. The quantitative estimate of drug-likeness (QED) is 0.849. The molecular weight excluding hydrogens is 288 g/mol. The third-order valence-corrected chi connectivity index (χ3v) is 4.20. The number of nitrogens with zero attached hydrogens (tertiary/aromatic N) is 1. The molecule has 5 nitrogen and oxygen atoms in total. The highest BCUT2D eigenvalue weighted by Gasteiger charge is 2.17. The number of nitrogens with one attached hydrogen (secondary N) is 1. The second-order valence-corrected chi connectivity index (χ2v) is 6.32. The van der Waals surface area contributed by atoms with Crippen LogP contribution in [0.5, 0.6) is 5.75 Å². The molecule has 0 atom stereocenters. The number of hydrogen-bond donors (Lipinski definition) is 2. The predicted octanol–water partition coefficient (Wildman–Crippen LogP) is 2.51. The van der Waals surface area contributed by atoms with Gasteiger partial charge in [-0.3, -0.25) is 4.72 Å². The smallest absolute Gasteiger partial charge is 0.237 e. The van der Waals surface area contributed by atoms with Gasteiger partial charge in [0.2, 0.25) is 10.0 Å². The summed E-state index contributed by atoms with van der Waals surface area (Å²) in [6, 6.07) is 13.2. The Morgan fingerprint density at radius 1 is 1.19 bits per heavy atom. The first-order chi connectivity index (χ1) is 9.93. The largest absolute Gasteiger partial charge is 0.506 e. The molecule has 0 bridgehead atoms. The molecular formula is C15H14N2O3S. The summed E-state index contributed by atoms with van der Waals surface area (Å²) in [6.07, 6.45) is 0. The second-order valence-electron chi connectivity index (χ2n) is 4.60. The molecule has 2 aromatic carbocycles. The van der Waals surface area contributed by atoms with Crippen LogP contribution in [-0.4, -0.2) is 13.5 Å². The SMILES string of the molecule is Cc1cccc(O)c1NS(=O)(=O)Cc1ccccc1C#N. The van der Waals surface area contributed by atoms with E-state index in [1.807, 2.05) is 6.07 Å².